The van der Waals surface area contributed by atoms with Crippen LogP contribution >= 0.6 is 11.6 Å². The largest absolute Gasteiger partial charge is 0.397 e. The van der Waals surface area contributed by atoms with Crippen LogP contribution in [-0.2, 0) is 0 Å². The number of nitrogens with two attached hydrogens (primary N) is 1. The number of nitrogens with zero attached hydrogens (tertiary/aromatic N) is 2. The van der Waals surface area contributed by atoms with E-state index >= 15 is 0 Å². The Balaban J connectivity index is 2.31. The Hall–Kier alpha value is -2.00. The molecule has 17 heavy (non-hydrogen) atoms. The first-order chi connectivity index (χ1) is 8.27. The summed E-state index contributed by atoms with van der Waals surface area (Å²) in [5, 5.41) is 0.552. The fourth-order valence-electron chi connectivity index (χ4n) is 1.87. The lowest BCUT2D eigenvalue weighted by atomic mass is 10.2. The van der Waals surface area contributed by atoms with Gasteiger partial charge in [-0.3, -0.25) is 4.57 Å². The predicted molar refractivity (Wildman–Crippen MR) is 70.5 cm³/mol. The maximum Gasteiger partial charge on any atom is 0.100 e. The second kappa shape index (κ2) is 3.79. The van der Waals surface area contributed by atoms with Gasteiger partial charge in [0.2, 0.25) is 0 Å². The first-order valence-electron chi connectivity index (χ1n) is 5.24. The standard InChI is InChI=1S/C13H10ClN3/c14-13-9(15)4-3-7-12(13)17-8-16-10-5-1-2-6-11(10)17/h1-8H,15H2. The molecular formula is C13H10ClN3. The molecule has 3 aromatic rings. The fourth-order valence-corrected chi connectivity index (χ4v) is 2.09. The molecular weight excluding hydrogens is 234 g/mol. The Kier molecular flexibility index (Phi) is 2.27. The maximum absolute atomic E-state index is 6.21. The molecule has 0 fully saturated rings. The summed E-state index contributed by atoms with van der Waals surface area (Å²) in [7, 11) is 0. The molecule has 1 heterocycles. The lowest BCUT2D eigenvalue weighted by Crippen LogP contribution is -1.96. The monoisotopic (exact) mass is 243 g/mol. The summed E-state index contributed by atoms with van der Waals surface area (Å²) >= 11 is 6.21. The van der Waals surface area contributed by atoms with E-state index in [0.29, 0.717) is 10.7 Å². The van der Waals surface area contributed by atoms with Gasteiger partial charge in [-0.15, -0.1) is 0 Å². The third kappa shape index (κ3) is 1.56. The van der Waals surface area contributed by atoms with E-state index in [1.165, 1.54) is 0 Å². The number of fused-ring (bicyclic) bond motifs is 1. The maximum atomic E-state index is 6.21. The van der Waals surface area contributed by atoms with Gasteiger partial charge in [-0.2, -0.15) is 0 Å². The van der Waals surface area contributed by atoms with Gasteiger partial charge >= 0.3 is 0 Å². The average Bonchev–Trinajstić information content (AvgIpc) is 2.77. The van der Waals surface area contributed by atoms with Crippen LogP contribution in [0, 0.1) is 0 Å². The number of nitrogen functional groups attached to an aromatic ring is 1. The Labute approximate surface area is 103 Å². The zero-order valence-electron chi connectivity index (χ0n) is 8.97. The number of aromatic nitrogens is 2. The van der Waals surface area contributed by atoms with E-state index in [1.54, 1.807) is 12.4 Å². The second-order valence-corrected chi connectivity index (χ2v) is 4.16. The molecule has 3 nitrogen and oxygen atoms in total. The van der Waals surface area contributed by atoms with Gasteiger partial charge in [-0.25, -0.2) is 4.98 Å². The molecule has 0 bridgehead atoms. The number of para-hydroxylation sites is 2. The highest BCUT2D eigenvalue weighted by Crippen LogP contribution is 2.28. The van der Waals surface area contributed by atoms with Gasteiger partial charge < -0.3 is 5.73 Å². The van der Waals surface area contributed by atoms with Crippen LogP contribution in [0.15, 0.2) is 48.8 Å². The Bertz CT molecular complexity index is 688. The Morgan fingerprint density at radius 3 is 2.76 bits per heavy atom. The van der Waals surface area contributed by atoms with Crippen LogP contribution in [0.2, 0.25) is 5.02 Å². The highest BCUT2D eigenvalue weighted by molar-refractivity contribution is 6.35. The molecule has 3 rings (SSSR count). The molecule has 0 radical (unpaired) electrons. The van der Waals surface area contributed by atoms with E-state index < -0.39 is 0 Å². The molecule has 0 aliphatic carbocycles. The van der Waals surface area contributed by atoms with Crippen molar-refractivity contribution in [3.63, 3.8) is 0 Å². The minimum Gasteiger partial charge on any atom is -0.397 e. The topological polar surface area (TPSA) is 43.8 Å². The molecule has 0 spiro atoms. The summed E-state index contributed by atoms with van der Waals surface area (Å²) in [6.45, 7) is 0. The van der Waals surface area contributed by atoms with Crippen molar-refractivity contribution < 1.29 is 0 Å². The van der Waals surface area contributed by atoms with Crippen molar-refractivity contribution in [2.45, 2.75) is 0 Å². The first kappa shape index (κ1) is 10.2. The van der Waals surface area contributed by atoms with Gasteiger partial charge in [0.15, 0.2) is 0 Å². The van der Waals surface area contributed by atoms with Crippen molar-refractivity contribution in [2.24, 2.45) is 0 Å². The highest BCUT2D eigenvalue weighted by Gasteiger charge is 2.08. The number of halogens is 1. The van der Waals surface area contributed by atoms with E-state index in [1.807, 2.05) is 41.0 Å². The van der Waals surface area contributed by atoms with Gasteiger partial charge in [-0.1, -0.05) is 29.8 Å². The minimum absolute atomic E-state index is 0.552. The third-order valence-electron chi connectivity index (χ3n) is 2.72. The van der Waals surface area contributed by atoms with E-state index in [-0.39, 0.29) is 0 Å². The average molecular weight is 244 g/mol. The first-order valence-corrected chi connectivity index (χ1v) is 5.61. The number of hydrogen-bond acceptors (Lipinski definition) is 2. The van der Waals surface area contributed by atoms with Gasteiger partial charge in [0, 0.05) is 0 Å². The quantitative estimate of drug-likeness (QED) is 0.667. The minimum atomic E-state index is 0.552. The molecule has 0 aliphatic heterocycles. The van der Waals surface area contributed by atoms with Gasteiger partial charge in [0.05, 0.1) is 27.4 Å². The molecule has 84 valence electrons. The van der Waals surface area contributed by atoms with Crippen molar-refractivity contribution in [3.8, 4) is 5.69 Å². The van der Waals surface area contributed by atoms with Gasteiger partial charge in [0.1, 0.15) is 6.33 Å². The van der Waals surface area contributed by atoms with Crippen molar-refractivity contribution >= 4 is 28.3 Å². The smallest absolute Gasteiger partial charge is 0.100 e. The molecule has 0 saturated carbocycles. The molecule has 2 N–H and O–H groups in total. The summed E-state index contributed by atoms with van der Waals surface area (Å²) < 4.78 is 1.94. The van der Waals surface area contributed by atoms with Crippen molar-refractivity contribution in [1.29, 1.82) is 0 Å². The fraction of sp³-hybridized carbons (Fsp3) is 0. The molecule has 0 aliphatic rings. The van der Waals surface area contributed by atoms with E-state index in [0.717, 1.165) is 16.7 Å². The van der Waals surface area contributed by atoms with E-state index in [9.17, 15) is 0 Å². The van der Waals surface area contributed by atoms with E-state index in [2.05, 4.69) is 4.98 Å². The zero-order chi connectivity index (χ0) is 11.8. The molecule has 4 heteroatoms. The molecule has 0 unspecified atom stereocenters. The zero-order valence-corrected chi connectivity index (χ0v) is 9.72. The normalized spacial score (nSPS) is 10.9. The second-order valence-electron chi connectivity index (χ2n) is 3.78. The predicted octanol–water partition coefficient (Wildman–Crippen LogP) is 3.26. The third-order valence-corrected chi connectivity index (χ3v) is 3.13. The number of benzene rings is 2. The molecule has 0 atom stereocenters. The summed E-state index contributed by atoms with van der Waals surface area (Å²) in [6, 6.07) is 13.5. The van der Waals surface area contributed by atoms with Crippen molar-refractivity contribution in [1.82, 2.24) is 9.55 Å². The number of hydrogen-bond donors (Lipinski definition) is 1. The lowest BCUT2D eigenvalue weighted by molar-refractivity contribution is 1.09. The lowest BCUT2D eigenvalue weighted by Gasteiger charge is -2.08. The SMILES string of the molecule is Nc1cccc(-n2cnc3ccccc32)c1Cl. The van der Waals surface area contributed by atoms with E-state index in [4.69, 9.17) is 17.3 Å². The molecule has 0 amide bonds. The summed E-state index contributed by atoms with van der Waals surface area (Å²) in [4.78, 5) is 4.33. The van der Waals surface area contributed by atoms with Crippen molar-refractivity contribution in [3.05, 3.63) is 53.8 Å². The molecule has 1 aromatic heterocycles. The van der Waals surface area contributed by atoms with Crippen LogP contribution in [0.3, 0.4) is 0 Å². The summed E-state index contributed by atoms with van der Waals surface area (Å²) in [5.41, 5.74) is 9.17. The van der Waals surface area contributed by atoms with Crippen LogP contribution in [0.4, 0.5) is 5.69 Å². The van der Waals surface area contributed by atoms with Crippen LogP contribution < -0.4 is 5.73 Å². The Morgan fingerprint density at radius 1 is 1.06 bits per heavy atom. The summed E-state index contributed by atoms with van der Waals surface area (Å²) in [6.07, 6.45) is 1.76. The van der Waals surface area contributed by atoms with Crippen LogP contribution in [0.1, 0.15) is 0 Å². The molecule has 2 aromatic carbocycles. The van der Waals surface area contributed by atoms with Crippen LogP contribution in [0.25, 0.3) is 16.7 Å². The molecule has 0 saturated heterocycles. The summed E-state index contributed by atoms with van der Waals surface area (Å²) in [5.74, 6) is 0. The number of anilines is 1. The Morgan fingerprint density at radius 2 is 1.88 bits per heavy atom. The van der Waals surface area contributed by atoms with Crippen molar-refractivity contribution in [2.75, 3.05) is 5.73 Å². The van der Waals surface area contributed by atoms with Crippen LogP contribution in [-0.4, -0.2) is 9.55 Å². The van der Waals surface area contributed by atoms with Crippen LogP contribution in [0.5, 0.6) is 0 Å². The van der Waals surface area contributed by atoms with Gasteiger partial charge in [0.25, 0.3) is 0 Å². The highest BCUT2D eigenvalue weighted by atomic mass is 35.5. The van der Waals surface area contributed by atoms with Gasteiger partial charge in [-0.05, 0) is 24.3 Å². The number of rotatable bonds is 1. The number of imidazole rings is 1.